The fraction of sp³-hybridized carbons (Fsp3) is 0.500. The molecule has 450 valence electrons. The average Bonchev–Trinajstić information content (AvgIpc) is 4.08. The zero-order valence-electron chi connectivity index (χ0n) is 47.1. The number of nitrogens with two attached hydrogens (primary N) is 1. The Morgan fingerprint density at radius 3 is 0.904 bits per heavy atom. The lowest BCUT2D eigenvalue weighted by molar-refractivity contribution is 0.296. The minimum absolute atomic E-state index is 0.0112. The minimum atomic E-state index is 0.0112. The van der Waals surface area contributed by atoms with Crippen molar-refractivity contribution >= 4 is 122 Å². The second-order valence-corrected chi connectivity index (χ2v) is 21.9. The Hall–Kier alpha value is -5.57. The largest absolute Gasteiger partial charge is 0.495 e. The highest BCUT2D eigenvalue weighted by Crippen LogP contribution is 2.31. The van der Waals surface area contributed by atoms with E-state index < -0.39 is 0 Å². The number of hydrazine groups is 4. The summed E-state index contributed by atoms with van der Waals surface area (Å²) in [6.07, 6.45) is 19.9. The molecule has 8 N–H and O–H groups in total. The summed E-state index contributed by atoms with van der Waals surface area (Å²) in [7, 11) is 4.71. The molecular formula is C54H74Cl6N20O3. The molecule has 0 saturated carbocycles. The van der Waals surface area contributed by atoms with Crippen LogP contribution in [0, 0.1) is 0 Å². The molecule has 0 bridgehead atoms. The Morgan fingerprint density at radius 2 is 0.590 bits per heavy atom. The van der Waals surface area contributed by atoms with Crippen molar-refractivity contribution in [2.24, 2.45) is 5.84 Å². The van der Waals surface area contributed by atoms with Crippen molar-refractivity contribution in [3.63, 3.8) is 0 Å². The Kier molecular flexibility index (Phi) is 27.4. The number of aromatic nitrogens is 9. The third-order valence-corrected chi connectivity index (χ3v) is 14.7. The van der Waals surface area contributed by atoms with Crippen LogP contribution in [0.15, 0.2) is 54.6 Å². The molecule has 7 heterocycles. The van der Waals surface area contributed by atoms with E-state index in [0.29, 0.717) is 67.7 Å². The third kappa shape index (κ3) is 23.1. The van der Waals surface area contributed by atoms with Gasteiger partial charge in [0.2, 0.25) is 51.5 Å². The molecule has 0 radical (unpaired) electrons. The SMILES string of the molecule is COc1ccc(Nc2nc(Cl)nc(Cl)n2)cc1Cl.COc1ccc(Nc2nc(Cl)nc(NN3CCCCCC3)n2)cc1Cl.COc1ccc(Nc2nc(NN3CCCCCC3)nc(NN3CCCCCC3)n2)cc1Cl.NN1CCCCCC1. The maximum Gasteiger partial charge on any atom is 0.244 e. The van der Waals surface area contributed by atoms with Crippen LogP contribution < -0.4 is 52.3 Å². The van der Waals surface area contributed by atoms with Crippen LogP contribution in [-0.2, 0) is 0 Å². The number of benzene rings is 3. The maximum atomic E-state index is 6.29. The first-order valence-corrected chi connectivity index (χ1v) is 30.2. The van der Waals surface area contributed by atoms with Crippen LogP contribution in [0.2, 0.25) is 30.9 Å². The number of hydrogen-bond donors (Lipinski definition) is 7. The topological polar surface area (TPSA) is 255 Å². The summed E-state index contributed by atoms with van der Waals surface area (Å²) >= 11 is 35.8. The van der Waals surface area contributed by atoms with E-state index in [1.54, 1.807) is 57.7 Å². The first-order chi connectivity index (χ1) is 40.3. The molecule has 0 atom stereocenters. The van der Waals surface area contributed by atoms with Gasteiger partial charge in [-0.1, -0.05) is 86.2 Å². The normalized spacial score (nSPS) is 16.4. The molecule has 0 unspecified atom stereocenters. The zero-order valence-corrected chi connectivity index (χ0v) is 51.6. The van der Waals surface area contributed by atoms with E-state index in [9.17, 15) is 0 Å². The molecule has 0 amide bonds. The highest BCUT2D eigenvalue weighted by molar-refractivity contribution is 6.33. The highest BCUT2D eigenvalue weighted by Gasteiger charge is 2.18. The summed E-state index contributed by atoms with van der Waals surface area (Å²) in [4.78, 5) is 37.9. The van der Waals surface area contributed by atoms with Gasteiger partial charge in [0.25, 0.3) is 0 Å². The van der Waals surface area contributed by atoms with Gasteiger partial charge >= 0.3 is 0 Å². The fourth-order valence-corrected chi connectivity index (χ4v) is 10.4. The molecule has 0 aliphatic carbocycles. The quantitative estimate of drug-likeness (QED) is 0.0472. The van der Waals surface area contributed by atoms with E-state index in [-0.39, 0.29) is 21.8 Å². The number of rotatable bonds is 15. The van der Waals surface area contributed by atoms with Gasteiger partial charge in [-0.3, -0.25) is 22.1 Å². The van der Waals surface area contributed by atoms with Crippen LogP contribution in [0.25, 0.3) is 0 Å². The van der Waals surface area contributed by atoms with Crippen molar-refractivity contribution < 1.29 is 14.2 Å². The van der Waals surface area contributed by atoms with Crippen molar-refractivity contribution in [3.05, 3.63) is 85.5 Å². The summed E-state index contributed by atoms with van der Waals surface area (Å²) in [5, 5.41) is 19.3. The van der Waals surface area contributed by atoms with Gasteiger partial charge < -0.3 is 30.2 Å². The maximum absolute atomic E-state index is 6.29. The monoisotopic (exact) mass is 1260 g/mol. The number of hydrogen-bond acceptors (Lipinski definition) is 23. The molecule has 3 aromatic carbocycles. The average molecular weight is 1260 g/mol. The van der Waals surface area contributed by atoms with Crippen molar-refractivity contribution in [3.8, 4) is 17.2 Å². The molecule has 3 aromatic heterocycles. The summed E-state index contributed by atoms with van der Waals surface area (Å²) in [5.74, 6) is 9.89. The summed E-state index contributed by atoms with van der Waals surface area (Å²) in [6, 6.07) is 16.0. The smallest absolute Gasteiger partial charge is 0.244 e. The molecule has 4 saturated heterocycles. The number of nitrogens with zero attached hydrogens (tertiary/aromatic N) is 13. The predicted octanol–water partition coefficient (Wildman–Crippen LogP) is 13.1. The van der Waals surface area contributed by atoms with Gasteiger partial charge in [0.15, 0.2) is 0 Å². The van der Waals surface area contributed by atoms with Gasteiger partial charge in [-0.2, -0.15) is 44.9 Å². The molecule has 4 fully saturated rings. The number of ether oxygens (including phenoxy) is 3. The minimum Gasteiger partial charge on any atom is -0.495 e. The predicted molar refractivity (Wildman–Crippen MR) is 334 cm³/mol. The van der Waals surface area contributed by atoms with E-state index in [1.165, 1.54) is 89.9 Å². The molecule has 4 aliphatic rings. The van der Waals surface area contributed by atoms with Crippen LogP contribution in [0.3, 0.4) is 0 Å². The molecule has 29 heteroatoms. The van der Waals surface area contributed by atoms with Crippen LogP contribution in [-0.4, -0.2) is 139 Å². The van der Waals surface area contributed by atoms with Gasteiger partial charge in [0.1, 0.15) is 17.2 Å². The molecule has 0 spiro atoms. The van der Waals surface area contributed by atoms with Gasteiger partial charge in [-0.25, -0.2) is 20.0 Å². The zero-order chi connectivity index (χ0) is 58.8. The van der Waals surface area contributed by atoms with E-state index in [2.05, 4.69) is 92.1 Å². The molecule has 23 nitrogen and oxygen atoms in total. The summed E-state index contributed by atoms with van der Waals surface area (Å²) in [5.41, 5.74) is 12.2. The summed E-state index contributed by atoms with van der Waals surface area (Å²) in [6.45, 7) is 8.05. The van der Waals surface area contributed by atoms with Crippen molar-refractivity contribution in [1.82, 2.24) is 64.9 Å². The van der Waals surface area contributed by atoms with Crippen molar-refractivity contribution in [2.45, 2.75) is 103 Å². The van der Waals surface area contributed by atoms with E-state index >= 15 is 0 Å². The standard InChI is InChI=1S/C22H33ClN8O.C16H20Cl2N6O.C10H7Cl3N4O.C6H14N2/c1-32-19-11-10-17(16-18(19)23)24-20-25-21(28-30-12-6-2-3-7-13-30)27-22(26-20)29-31-14-8-4-5-9-15-31;1-25-13-7-6-11(10-12(13)17)19-15-20-14(18)21-16(22-15)23-24-8-4-2-3-5-9-24;1-18-7-3-2-5(4-6(7)11)14-10-16-8(12)15-9(13)17-10;7-8-5-3-1-2-4-6-8/h10-11,16H,2-9,12-15H2,1H3,(H3,24,25,26,27,28,29);6-7,10H,2-5,8-9H2,1H3,(H2,19,20,21,22,23);2-4H,1H3,(H,14,15,16,17);1-7H2. The van der Waals surface area contributed by atoms with Crippen LogP contribution in [0.1, 0.15) is 103 Å². The first-order valence-electron chi connectivity index (χ1n) is 27.9. The Labute approximate surface area is 515 Å². The molecule has 6 aromatic rings. The first kappa shape index (κ1) is 65.0. The molecular weight excluding hydrogens is 1190 g/mol. The van der Waals surface area contributed by atoms with Crippen LogP contribution >= 0.6 is 69.6 Å². The Morgan fingerprint density at radius 1 is 0.337 bits per heavy atom. The van der Waals surface area contributed by atoms with Gasteiger partial charge in [0, 0.05) is 69.4 Å². The number of nitrogens with one attached hydrogen (secondary N) is 6. The fourth-order valence-electron chi connectivity index (χ4n) is 9.06. The highest BCUT2D eigenvalue weighted by atomic mass is 35.5. The summed E-state index contributed by atoms with van der Waals surface area (Å²) < 4.78 is 15.4. The Balaban J connectivity index is 0.000000173. The number of methoxy groups -OCH3 is 3. The second kappa shape index (κ2) is 35.0. The Bertz CT molecular complexity index is 2850. The lowest BCUT2D eigenvalue weighted by Gasteiger charge is -2.23. The number of halogens is 6. The molecule has 4 aliphatic heterocycles. The third-order valence-electron chi connectivity index (χ3n) is 13.3. The molecule has 83 heavy (non-hydrogen) atoms. The van der Waals surface area contributed by atoms with E-state index in [4.69, 9.17) is 89.7 Å². The molecule has 10 rings (SSSR count). The van der Waals surface area contributed by atoms with Crippen LogP contribution in [0.5, 0.6) is 17.2 Å². The lowest BCUT2D eigenvalue weighted by atomic mass is 10.2. The van der Waals surface area contributed by atoms with Gasteiger partial charge in [0.05, 0.1) is 36.4 Å². The van der Waals surface area contributed by atoms with Crippen molar-refractivity contribution in [1.29, 1.82) is 0 Å². The van der Waals surface area contributed by atoms with E-state index in [1.807, 2.05) is 23.2 Å². The van der Waals surface area contributed by atoms with Gasteiger partial charge in [-0.05, 0) is 141 Å². The number of anilines is 9. The van der Waals surface area contributed by atoms with Gasteiger partial charge in [-0.15, -0.1) is 0 Å². The second-order valence-electron chi connectivity index (χ2n) is 19.7. The van der Waals surface area contributed by atoms with Crippen LogP contribution in [0.4, 0.5) is 52.8 Å². The van der Waals surface area contributed by atoms with E-state index in [0.717, 1.165) is 76.6 Å². The lowest BCUT2D eigenvalue weighted by Crippen LogP contribution is -2.34. The van der Waals surface area contributed by atoms with Crippen molar-refractivity contribution in [2.75, 3.05) is 106 Å².